The van der Waals surface area contributed by atoms with Crippen LogP contribution in [0.3, 0.4) is 0 Å². The molecule has 1 saturated carbocycles. The smallest absolute Gasteiger partial charge is 0.271 e. The van der Waals surface area contributed by atoms with Crippen molar-refractivity contribution >= 4 is 29.3 Å². The molecule has 2 atom stereocenters. The number of hydrogen-bond acceptors (Lipinski definition) is 4. The molecule has 1 N–H and O–H groups in total. The van der Waals surface area contributed by atoms with E-state index in [1.165, 1.54) is 25.2 Å². The second kappa shape index (κ2) is 6.38. The summed E-state index contributed by atoms with van der Waals surface area (Å²) in [5.41, 5.74) is 0.285. The minimum Gasteiger partial charge on any atom is -0.347 e. The van der Waals surface area contributed by atoms with E-state index in [-0.39, 0.29) is 22.8 Å². The van der Waals surface area contributed by atoms with Crippen molar-refractivity contribution in [3.8, 4) is 0 Å². The summed E-state index contributed by atoms with van der Waals surface area (Å²) in [5.74, 6) is -0.184. The minimum atomic E-state index is -0.184. The molecule has 1 aliphatic rings. The van der Waals surface area contributed by atoms with Crippen LogP contribution in [0.15, 0.2) is 12.4 Å². The monoisotopic (exact) mass is 285 g/mol. The number of thioether (sulfide) groups is 1. The van der Waals surface area contributed by atoms with Crippen molar-refractivity contribution in [3.63, 3.8) is 0 Å². The summed E-state index contributed by atoms with van der Waals surface area (Å²) in [7, 11) is 0. The van der Waals surface area contributed by atoms with Crippen molar-refractivity contribution < 1.29 is 4.79 Å². The first-order chi connectivity index (χ1) is 8.70. The SMILES string of the molecule is CSC1CCCCC1NC(=O)c1cncc(Cl)n1. The number of nitrogens with one attached hydrogen (secondary N) is 1. The molecule has 0 radical (unpaired) electrons. The molecule has 0 bridgehead atoms. The van der Waals surface area contributed by atoms with E-state index in [1.54, 1.807) is 0 Å². The molecule has 1 fully saturated rings. The molecule has 1 aliphatic carbocycles. The van der Waals surface area contributed by atoms with Gasteiger partial charge in [0.1, 0.15) is 10.8 Å². The summed E-state index contributed by atoms with van der Waals surface area (Å²) >= 11 is 7.55. The van der Waals surface area contributed by atoms with Crippen molar-refractivity contribution in [2.24, 2.45) is 0 Å². The van der Waals surface area contributed by atoms with Crippen LogP contribution in [0.5, 0.6) is 0 Å². The van der Waals surface area contributed by atoms with Crippen LogP contribution in [-0.4, -0.2) is 33.4 Å². The van der Waals surface area contributed by atoms with E-state index in [2.05, 4.69) is 21.5 Å². The van der Waals surface area contributed by atoms with Gasteiger partial charge in [0.05, 0.1) is 12.4 Å². The maximum atomic E-state index is 12.0. The van der Waals surface area contributed by atoms with E-state index in [4.69, 9.17) is 11.6 Å². The average Bonchev–Trinajstić information content (AvgIpc) is 2.39. The fourth-order valence-electron chi connectivity index (χ4n) is 2.24. The molecule has 1 aromatic rings. The first-order valence-electron chi connectivity index (χ1n) is 6.02. The van der Waals surface area contributed by atoms with E-state index in [1.807, 2.05) is 11.8 Å². The van der Waals surface area contributed by atoms with Crippen LogP contribution in [-0.2, 0) is 0 Å². The van der Waals surface area contributed by atoms with E-state index in [0.717, 1.165) is 12.8 Å². The Bertz CT molecular complexity index is 430. The highest BCUT2D eigenvalue weighted by Crippen LogP contribution is 2.27. The molecule has 1 amide bonds. The van der Waals surface area contributed by atoms with Gasteiger partial charge in [-0.25, -0.2) is 4.98 Å². The third-order valence-corrected chi connectivity index (χ3v) is 4.51. The molecule has 6 heteroatoms. The first kappa shape index (κ1) is 13.6. The third kappa shape index (κ3) is 3.36. The summed E-state index contributed by atoms with van der Waals surface area (Å²) in [4.78, 5) is 19.9. The van der Waals surface area contributed by atoms with Crippen LogP contribution in [0, 0.1) is 0 Å². The van der Waals surface area contributed by atoms with E-state index >= 15 is 0 Å². The molecule has 0 aromatic carbocycles. The van der Waals surface area contributed by atoms with Gasteiger partial charge in [-0.05, 0) is 19.1 Å². The Morgan fingerprint density at radius 3 is 2.94 bits per heavy atom. The van der Waals surface area contributed by atoms with Crippen LogP contribution >= 0.6 is 23.4 Å². The molecule has 4 nitrogen and oxygen atoms in total. The normalized spacial score (nSPS) is 23.7. The van der Waals surface area contributed by atoms with Gasteiger partial charge in [-0.2, -0.15) is 11.8 Å². The number of carbonyl (C=O) groups excluding carboxylic acids is 1. The maximum absolute atomic E-state index is 12.0. The average molecular weight is 286 g/mol. The van der Waals surface area contributed by atoms with Crippen LogP contribution in [0.4, 0.5) is 0 Å². The Kier molecular flexibility index (Phi) is 4.83. The fourth-order valence-corrected chi connectivity index (χ4v) is 3.32. The lowest BCUT2D eigenvalue weighted by Gasteiger charge is -2.30. The van der Waals surface area contributed by atoms with Gasteiger partial charge in [0, 0.05) is 11.3 Å². The van der Waals surface area contributed by atoms with Gasteiger partial charge in [-0.1, -0.05) is 24.4 Å². The summed E-state index contributed by atoms with van der Waals surface area (Å²) in [6, 6.07) is 0.224. The Balaban J connectivity index is 2.02. The molecule has 2 rings (SSSR count). The van der Waals surface area contributed by atoms with Crippen molar-refractivity contribution in [1.82, 2.24) is 15.3 Å². The number of halogens is 1. The number of rotatable bonds is 3. The molecule has 1 heterocycles. The largest absolute Gasteiger partial charge is 0.347 e. The number of hydrogen-bond donors (Lipinski definition) is 1. The molecule has 0 saturated heterocycles. The third-order valence-electron chi connectivity index (χ3n) is 3.16. The fraction of sp³-hybridized carbons (Fsp3) is 0.583. The predicted molar refractivity (Wildman–Crippen MR) is 74.1 cm³/mol. The predicted octanol–water partition coefficient (Wildman–Crippen LogP) is 2.53. The Hall–Kier alpha value is -0.810. The van der Waals surface area contributed by atoms with Gasteiger partial charge in [-0.3, -0.25) is 9.78 Å². The molecule has 1 aromatic heterocycles. The maximum Gasteiger partial charge on any atom is 0.271 e. The van der Waals surface area contributed by atoms with E-state index in [9.17, 15) is 4.79 Å². The number of carbonyl (C=O) groups is 1. The zero-order valence-corrected chi connectivity index (χ0v) is 11.8. The molecule has 18 heavy (non-hydrogen) atoms. The summed E-state index contributed by atoms with van der Waals surface area (Å²) < 4.78 is 0. The number of nitrogens with zero attached hydrogens (tertiary/aromatic N) is 2. The minimum absolute atomic E-state index is 0.184. The first-order valence-corrected chi connectivity index (χ1v) is 7.68. The second-order valence-electron chi connectivity index (χ2n) is 4.37. The van der Waals surface area contributed by atoms with E-state index < -0.39 is 0 Å². The van der Waals surface area contributed by atoms with Crippen molar-refractivity contribution in [1.29, 1.82) is 0 Å². The van der Waals surface area contributed by atoms with Crippen LogP contribution in [0.25, 0.3) is 0 Å². The summed E-state index contributed by atoms with van der Waals surface area (Å²) in [5, 5.41) is 3.78. The van der Waals surface area contributed by atoms with Crippen LogP contribution < -0.4 is 5.32 Å². The summed E-state index contributed by atoms with van der Waals surface area (Å²) in [6.07, 6.45) is 9.56. The van der Waals surface area contributed by atoms with Crippen LogP contribution in [0.2, 0.25) is 5.15 Å². The van der Waals surface area contributed by atoms with Gasteiger partial charge in [0.15, 0.2) is 0 Å². The summed E-state index contributed by atoms with van der Waals surface area (Å²) in [6.45, 7) is 0. The standard InChI is InChI=1S/C12H16ClN3OS/c1-18-10-5-3-2-4-8(10)16-12(17)9-6-14-7-11(13)15-9/h6-8,10H,2-5H2,1H3,(H,16,17). The van der Waals surface area contributed by atoms with Gasteiger partial charge in [0.2, 0.25) is 0 Å². The highest BCUT2D eigenvalue weighted by atomic mass is 35.5. The van der Waals surface area contributed by atoms with Crippen molar-refractivity contribution in [3.05, 3.63) is 23.2 Å². The Labute approximate surface area is 116 Å². The van der Waals surface area contributed by atoms with Gasteiger partial charge in [0.25, 0.3) is 5.91 Å². The topological polar surface area (TPSA) is 54.9 Å². The Morgan fingerprint density at radius 1 is 1.44 bits per heavy atom. The molecule has 2 unspecified atom stereocenters. The molecule has 98 valence electrons. The molecule has 0 spiro atoms. The van der Waals surface area contributed by atoms with Crippen LogP contribution in [0.1, 0.15) is 36.2 Å². The molecule has 0 aliphatic heterocycles. The quantitative estimate of drug-likeness (QED) is 0.927. The lowest BCUT2D eigenvalue weighted by molar-refractivity contribution is 0.0924. The van der Waals surface area contributed by atoms with E-state index in [0.29, 0.717) is 5.25 Å². The highest BCUT2D eigenvalue weighted by molar-refractivity contribution is 7.99. The number of amides is 1. The van der Waals surface area contributed by atoms with Crippen molar-refractivity contribution in [2.75, 3.05) is 6.26 Å². The lowest BCUT2D eigenvalue weighted by Crippen LogP contribution is -2.43. The molecular weight excluding hydrogens is 270 g/mol. The Morgan fingerprint density at radius 2 is 2.22 bits per heavy atom. The number of aromatic nitrogens is 2. The van der Waals surface area contributed by atoms with Gasteiger partial charge >= 0.3 is 0 Å². The van der Waals surface area contributed by atoms with Crippen molar-refractivity contribution in [2.45, 2.75) is 37.0 Å². The van der Waals surface area contributed by atoms with Gasteiger partial charge < -0.3 is 5.32 Å². The van der Waals surface area contributed by atoms with Gasteiger partial charge in [-0.15, -0.1) is 0 Å². The zero-order valence-electron chi connectivity index (χ0n) is 10.2. The highest BCUT2D eigenvalue weighted by Gasteiger charge is 2.26. The second-order valence-corrected chi connectivity index (χ2v) is 5.83. The zero-order chi connectivity index (χ0) is 13.0. The lowest BCUT2D eigenvalue weighted by atomic mass is 9.95. The molecular formula is C12H16ClN3OS.